The summed E-state index contributed by atoms with van der Waals surface area (Å²) in [5.41, 5.74) is 3.60. The smallest absolute Gasteiger partial charge is 0.216 e. The number of aliphatic imine (C=N–C) groups is 1. The minimum absolute atomic E-state index is 0.535. The van der Waals surface area contributed by atoms with Crippen LogP contribution in [0.15, 0.2) is 53.4 Å². The van der Waals surface area contributed by atoms with Gasteiger partial charge in [0, 0.05) is 18.1 Å². The molecular formula is C21H33N2OP. The van der Waals surface area contributed by atoms with Crippen molar-refractivity contribution in [1.29, 1.82) is 0 Å². The van der Waals surface area contributed by atoms with Crippen molar-refractivity contribution in [2.75, 3.05) is 25.5 Å². The molecule has 4 heteroatoms. The molecule has 3 nitrogen and oxygen atoms in total. The highest BCUT2D eigenvalue weighted by Gasteiger charge is 2.07. The van der Waals surface area contributed by atoms with Gasteiger partial charge in [-0.2, -0.15) is 0 Å². The second-order valence-corrected chi connectivity index (χ2v) is 6.94. The van der Waals surface area contributed by atoms with Crippen LogP contribution >= 0.6 is 8.58 Å². The third-order valence-corrected chi connectivity index (χ3v) is 5.42. The molecule has 0 saturated heterocycles. The highest BCUT2D eigenvalue weighted by Crippen LogP contribution is 2.22. The van der Waals surface area contributed by atoms with Crippen LogP contribution in [-0.4, -0.2) is 36.7 Å². The molecule has 0 aromatic heterocycles. The van der Waals surface area contributed by atoms with Crippen LogP contribution in [0.4, 0.5) is 0 Å². The summed E-state index contributed by atoms with van der Waals surface area (Å²) < 4.78 is 6.01. The Bertz CT molecular complexity index is 560. The van der Waals surface area contributed by atoms with Crippen LogP contribution in [0.5, 0.6) is 0 Å². The summed E-state index contributed by atoms with van der Waals surface area (Å²) in [6.45, 7) is 15.2. The van der Waals surface area contributed by atoms with Gasteiger partial charge in [0.05, 0.1) is 0 Å². The lowest BCUT2D eigenvalue weighted by Crippen LogP contribution is -2.21. The summed E-state index contributed by atoms with van der Waals surface area (Å²) in [5.74, 6) is 0.698. The van der Waals surface area contributed by atoms with E-state index in [1.165, 1.54) is 5.56 Å². The van der Waals surface area contributed by atoms with Crippen LogP contribution in [0.3, 0.4) is 0 Å². The van der Waals surface area contributed by atoms with Crippen LogP contribution in [0, 0.1) is 0 Å². The second kappa shape index (κ2) is 12.9. The average molecular weight is 360 g/mol. The molecule has 0 fully saturated rings. The van der Waals surface area contributed by atoms with Crippen LogP contribution < -0.4 is 0 Å². The fourth-order valence-electron chi connectivity index (χ4n) is 2.38. The molecule has 1 atom stereocenters. The summed E-state index contributed by atoms with van der Waals surface area (Å²) in [7, 11) is 0.823. The third-order valence-electron chi connectivity index (χ3n) is 4.12. The maximum absolute atomic E-state index is 6.01. The summed E-state index contributed by atoms with van der Waals surface area (Å²) in [6.07, 6.45) is 6.80. The summed E-state index contributed by atoms with van der Waals surface area (Å²) in [4.78, 5) is 6.88. The minimum atomic E-state index is 0.535. The number of ether oxygens (including phenoxy) is 1. The lowest BCUT2D eigenvalue weighted by atomic mass is 10.1. The van der Waals surface area contributed by atoms with Gasteiger partial charge in [-0.05, 0) is 43.7 Å². The molecule has 0 bridgehead atoms. The molecule has 1 aromatic carbocycles. The van der Waals surface area contributed by atoms with Gasteiger partial charge in [0.15, 0.2) is 0 Å². The van der Waals surface area contributed by atoms with Crippen molar-refractivity contribution in [3.63, 3.8) is 0 Å². The lowest BCUT2D eigenvalue weighted by molar-refractivity contribution is 0.194. The predicted octanol–water partition coefficient (Wildman–Crippen LogP) is 5.23. The number of allylic oxidation sites excluding steroid dienone is 2. The fourth-order valence-corrected chi connectivity index (χ4v) is 3.82. The van der Waals surface area contributed by atoms with Gasteiger partial charge in [-0.3, -0.25) is 0 Å². The van der Waals surface area contributed by atoms with E-state index in [1.807, 2.05) is 13.0 Å². The van der Waals surface area contributed by atoms with Gasteiger partial charge < -0.3 is 9.64 Å². The fraction of sp³-hybridized carbons (Fsp3) is 0.476. The Morgan fingerprint density at radius 3 is 2.32 bits per heavy atom. The first-order chi connectivity index (χ1) is 12.2. The number of nitrogens with zero attached hydrogens (tertiary/aromatic N) is 2. The Labute approximate surface area is 155 Å². The van der Waals surface area contributed by atoms with Crippen LogP contribution in [0.25, 0.3) is 0 Å². The van der Waals surface area contributed by atoms with Crippen molar-refractivity contribution in [2.24, 2.45) is 4.99 Å². The molecule has 0 aliphatic heterocycles. The number of rotatable bonds is 12. The predicted molar refractivity (Wildman–Crippen MR) is 113 cm³/mol. The van der Waals surface area contributed by atoms with E-state index < -0.39 is 0 Å². The van der Waals surface area contributed by atoms with Crippen molar-refractivity contribution < 1.29 is 4.74 Å². The molecule has 0 aliphatic carbocycles. The third kappa shape index (κ3) is 7.98. The van der Waals surface area contributed by atoms with Crippen LogP contribution in [0.2, 0.25) is 0 Å². The second-order valence-electron chi connectivity index (χ2n) is 5.77. The zero-order chi connectivity index (χ0) is 18.5. The molecule has 0 saturated carbocycles. The zero-order valence-electron chi connectivity index (χ0n) is 16.2. The van der Waals surface area contributed by atoms with Crippen molar-refractivity contribution in [3.8, 4) is 0 Å². The standard InChI is InChI=1S/C21H33N2OP/c1-6-18-11-13-19(14-12-18)15-24-21(22-8-3)20(7-2)16-25-17-23(9-4)10-5/h7-8,11-14,25H,2,6,9-10,15-17H2,1,3-5H3/b21-20-,22-8?. The molecule has 1 unspecified atom stereocenters. The van der Waals surface area contributed by atoms with Gasteiger partial charge in [-0.1, -0.05) is 57.7 Å². The first-order valence-electron chi connectivity index (χ1n) is 9.16. The molecular weight excluding hydrogens is 327 g/mol. The van der Waals surface area contributed by atoms with Crippen molar-refractivity contribution >= 4 is 14.8 Å². The van der Waals surface area contributed by atoms with E-state index in [9.17, 15) is 0 Å². The Morgan fingerprint density at radius 2 is 1.80 bits per heavy atom. The summed E-state index contributed by atoms with van der Waals surface area (Å²) in [5, 5.41) is 0. The molecule has 1 rings (SSSR count). The van der Waals surface area contributed by atoms with Gasteiger partial charge in [0.25, 0.3) is 0 Å². The minimum Gasteiger partial charge on any atom is -0.473 e. The zero-order valence-corrected chi connectivity index (χ0v) is 17.2. The molecule has 0 amide bonds. The van der Waals surface area contributed by atoms with Crippen LogP contribution in [-0.2, 0) is 17.8 Å². The number of aryl methyl sites for hydroxylation is 1. The van der Waals surface area contributed by atoms with E-state index in [0.717, 1.165) is 51.7 Å². The quantitative estimate of drug-likeness (QED) is 0.221. The van der Waals surface area contributed by atoms with Crippen molar-refractivity contribution in [2.45, 2.75) is 40.7 Å². The van der Waals surface area contributed by atoms with Gasteiger partial charge in [-0.15, -0.1) is 8.58 Å². The largest absolute Gasteiger partial charge is 0.473 e. The van der Waals surface area contributed by atoms with Crippen LogP contribution in [0.1, 0.15) is 38.8 Å². The molecule has 0 radical (unpaired) electrons. The first kappa shape index (κ1) is 21.6. The van der Waals surface area contributed by atoms with Crippen molar-refractivity contribution in [3.05, 3.63) is 59.5 Å². The Kier molecular flexibility index (Phi) is 11.1. The Balaban J connectivity index is 2.71. The van der Waals surface area contributed by atoms with Gasteiger partial charge in [-0.25, -0.2) is 4.99 Å². The molecule has 0 N–H and O–H groups in total. The van der Waals surface area contributed by atoms with E-state index in [2.05, 4.69) is 61.5 Å². The van der Waals surface area contributed by atoms with E-state index in [0.29, 0.717) is 12.5 Å². The molecule has 1 aromatic rings. The lowest BCUT2D eigenvalue weighted by Gasteiger charge is -2.18. The molecule has 0 spiro atoms. The van der Waals surface area contributed by atoms with Gasteiger partial charge in [0.2, 0.25) is 5.88 Å². The molecule has 138 valence electrons. The monoisotopic (exact) mass is 360 g/mol. The van der Waals surface area contributed by atoms with Gasteiger partial charge >= 0.3 is 0 Å². The van der Waals surface area contributed by atoms with E-state index in [-0.39, 0.29) is 0 Å². The highest BCUT2D eigenvalue weighted by molar-refractivity contribution is 7.38. The maximum atomic E-state index is 6.01. The topological polar surface area (TPSA) is 24.8 Å². The first-order valence-corrected chi connectivity index (χ1v) is 10.6. The number of benzene rings is 1. The SMILES string of the molecule is C=C/C(CPCN(CC)CC)=C(\N=CC)OCc1ccc(CC)cc1. The number of hydrogen-bond acceptors (Lipinski definition) is 3. The van der Waals surface area contributed by atoms with Gasteiger partial charge in [0.1, 0.15) is 6.61 Å². The normalized spacial score (nSPS) is 13.0. The number of hydrogen-bond donors (Lipinski definition) is 0. The summed E-state index contributed by atoms with van der Waals surface area (Å²) in [6, 6.07) is 8.57. The highest BCUT2D eigenvalue weighted by atomic mass is 31.1. The Hall–Kier alpha value is -1.44. The van der Waals surface area contributed by atoms with E-state index in [4.69, 9.17) is 4.74 Å². The molecule has 0 aliphatic rings. The average Bonchev–Trinajstić information content (AvgIpc) is 2.66. The van der Waals surface area contributed by atoms with E-state index >= 15 is 0 Å². The van der Waals surface area contributed by atoms with Crippen molar-refractivity contribution in [1.82, 2.24) is 4.90 Å². The van der Waals surface area contributed by atoms with E-state index in [1.54, 1.807) is 6.21 Å². The summed E-state index contributed by atoms with van der Waals surface area (Å²) >= 11 is 0. The molecule has 0 heterocycles. The maximum Gasteiger partial charge on any atom is 0.216 e. The molecule has 25 heavy (non-hydrogen) atoms. The Morgan fingerprint density at radius 1 is 1.16 bits per heavy atom.